The van der Waals surface area contributed by atoms with Crippen LogP contribution < -0.4 is 0 Å². The molecule has 0 saturated carbocycles. The Bertz CT molecular complexity index is 173. The summed E-state index contributed by atoms with van der Waals surface area (Å²) < 4.78 is 4.92. The minimum Gasteiger partial charge on any atom is -0.465 e. The highest BCUT2D eigenvalue weighted by atomic mass is 32.1. The maximum Gasteiger partial charge on any atom is 0.305 e. The summed E-state index contributed by atoms with van der Waals surface area (Å²) in [6, 6.07) is 0. The zero-order valence-corrected chi connectivity index (χ0v) is 11.1. The Morgan fingerprint density at radius 2 is 1.87 bits per heavy atom. The third-order valence-electron chi connectivity index (χ3n) is 2.16. The van der Waals surface area contributed by atoms with Crippen molar-refractivity contribution in [3.63, 3.8) is 0 Å². The first-order chi connectivity index (χ1) is 6.95. The van der Waals surface area contributed by atoms with Gasteiger partial charge in [-0.1, -0.05) is 33.6 Å². The number of hydrogen-bond donors (Lipinski definition) is 1. The Labute approximate surface area is 99.2 Å². The van der Waals surface area contributed by atoms with Crippen molar-refractivity contribution in [1.29, 1.82) is 0 Å². The van der Waals surface area contributed by atoms with Gasteiger partial charge < -0.3 is 4.74 Å². The van der Waals surface area contributed by atoms with E-state index >= 15 is 0 Å². The molecular weight excluding hydrogens is 208 g/mol. The van der Waals surface area contributed by atoms with Crippen LogP contribution in [0.4, 0.5) is 0 Å². The van der Waals surface area contributed by atoms with E-state index in [2.05, 4.69) is 33.4 Å². The van der Waals surface area contributed by atoms with Gasteiger partial charge >= 0.3 is 5.97 Å². The van der Waals surface area contributed by atoms with Gasteiger partial charge in [-0.15, -0.1) is 0 Å². The maximum absolute atomic E-state index is 11.1. The van der Waals surface area contributed by atoms with Crippen LogP contribution in [0.25, 0.3) is 0 Å². The fraction of sp³-hybridized carbons (Fsp3) is 0.917. The summed E-state index contributed by atoms with van der Waals surface area (Å²) in [5, 5.41) is 0. The number of unbranched alkanes of at least 4 members (excludes halogenated alkanes) is 2. The fourth-order valence-electron chi connectivity index (χ4n) is 1.33. The van der Waals surface area contributed by atoms with E-state index in [0.717, 1.165) is 12.8 Å². The molecule has 0 heterocycles. The zero-order chi connectivity index (χ0) is 11.7. The molecule has 0 aromatic rings. The molecule has 0 rings (SSSR count). The first-order valence-corrected chi connectivity index (χ1v) is 6.35. The summed E-state index contributed by atoms with van der Waals surface area (Å²) in [4.78, 5) is 11.1. The van der Waals surface area contributed by atoms with Crippen LogP contribution in [-0.2, 0) is 9.53 Å². The topological polar surface area (TPSA) is 26.3 Å². The number of hydrogen-bond acceptors (Lipinski definition) is 3. The second-order valence-corrected chi connectivity index (χ2v) is 5.51. The molecular formula is C12H24O2S. The van der Waals surface area contributed by atoms with Crippen LogP contribution in [0.2, 0.25) is 0 Å². The highest BCUT2D eigenvalue weighted by Crippen LogP contribution is 2.22. The van der Waals surface area contributed by atoms with Crippen LogP contribution in [0.5, 0.6) is 0 Å². The molecule has 3 heteroatoms. The van der Waals surface area contributed by atoms with E-state index in [9.17, 15) is 4.79 Å². The summed E-state index contributed by atoms with van der Waals surface area (Å²) in [6.07, 6.45) is 5.04. The molecule has 0 bridgehead atoms. The predicted molar refractivity (Wildman–Crippen MR) is 67.4 cm³/mol. The lowest BCUT2D eigenvalue weighted by atomic mass is 9.89. The molecule has 0 aromatic carbocycles. The van der Waals surface area contributed by atoms with Crippen molar-refractivity contribution in [1.82, 2.24) is 0 Å². The molecule has 0 aliphatic carbocycles. The second kappa shape index (κ2) is 8.03. The number of rotatable bonds is 7. The average molecular weight is 232 g/mol. The molecule has 0 atom stereocenters. The van der Waals surface area contributed by atoms with Gasteiger partial charge in [0.05, 0.1) is 0 Å². The molecule has 0 fully saturated rings. The van der Waals surface area contributed by atoms with Crippen LogP contribution in [0.15, 0.2) is 0 Å². The molecule has 0 aliphatic heterocycles. The molecule has 2 nitrogen and oxygen atoms in total. The van der Waals surface area contributed by atoms with Gasteiger partial charge in [-0.3, -0.25) is 4.79 Å². The molecule has 15 heavy (non-hydrogen) atoms. The van der Waals surface area contributed by atoms with Gasteiger partial charge in [-0.2, -0.15) is 12.6 Å². The molecule has 0 aromatic heterocycles. The Morgan fingerprint density at radius 3 is 2.40 bits per heavy atom. The van der Waals surface area contributed by atoms with E-state index in [1.54, 1.807) is 0 Å². The van der Waals surface area contributed by atoms with Gasteiger partial charge in [0.1, 0.15) is 6.61 Å². The monoisotopic (exact) mass is 232 g/mol. The minimum atomic E-state index is -0.0835. The van der Waals surface area contributed by atoms with Crippen molar-refractivity contribution in [2.75, 3.05) is 12.4 Å². The van der Waals surface area contributed by atoms with Gasteiger partial charge in [0, 0.05) is 12.2 Å². The van der Waals surface area contributed by atoms with Crippen LogP contribution in [0.1, 0.15) is 52.9 Å². The SMILES string of the molecule is CC(C)(C)CCCCCC(=O)OCCS. The summed E-state index contributed by atoms with van der Waals surface area (Å²) in [6.45, 7) is 7.17. The Balaban J connectivity index is 3.27. The van der Waals surface area contributed by atoms with Crippen molar-refractivity contribution in [3.05, 3.63) is 0 Å². The molecule has 0 amide bonds. The van der Waals surface area contributed by atoms with Crippen LogP contribution >= 0.6 is 12.6 Å². The minimum absolute atomic E-state index is 0.0835. The fourth-order valence-corrected chi connectivity index (χ4v) is 1.42. The van der Waals surface area contributed by atoms with E-state index in [4.69, 9.17) is 4.74 Å². The van der Waals surface area contributed by atoms with E-state index in [1.807, 2.05) is 0 Å². The standard InChI is InChI=1S/C12H24O2S/c1-12(2,3)8-6-4-5-7-11(13)14-9-10-15/h15H,4-10H2,1-3H3. The van der Waals surface area contributed by atoms with Crippen molar-refractivity contribution >= 4 is 18.6 Å². The number of ether oxygens (including phenoxy) is 1. The lowest BCUT2D eigenvalue weighted by Gasteiger charge is -2.17. The van der Waals surface area contributed by atoms with Crippen molar-refractivity contribution in [2.45, 2.75) is 52.9 Å². The smallest absolute Gasteiger partial charge is 0.305 e. The highest BCUT2D eigenvalue weighted by Gasteiger charge is 2.09. The largest absolute Gasteiger partial charge is 0.465 e. The van der Waals surface area contributed by atoms with Crippen LogP contribution in [0.3, 0.4) is 0 Å². The molecule has 0 radical (unpaired) electrons. The second-order valence-electron chi connectivity index (χ2n) is 5.07. The van der Waals surface area contributed by atoms with Crippen LogP contribution in [-0.4, -0.2) is 18.3 Å². The quantitative estimate of drug-likeness (QED) is 0.413. The van der Waals surface area contributed by atoms with Crippen LogP contribution in [0, 0.1) is 5.41 Å². The van der Waals surface area contributed by atoms with Gasteiger partial charge in [0.15, 0.2) is 0 Å². The number of carbonyl (C=O) groups excluding carboxylic acids is 1. The molecule has 90 valence electrons. The number of esters is 1. The number of carbonyl (C=O) groups is 1. The van der Waals surface area contributed by atoms with E-state index in [1.165, 1.54) is 12.8 Å². The number of thiol groups is 1. The highest BCUT2D eigenvalue weighted by molar-refractivity contribution is 7.80. The molecule has 0 unspecified atom stereocenters. The summed E-state index contributed by atoms with van der Waals surface area (Å²) in [5.41, 5.74) is 0.409. The van der Waals surface area contributed by atoms with Gasteiger partial charge in [-0.05, 0) is 18.3 Å². The van der Waals surface area contributed by atoms with E-state index < -0.39 is 0 Å². The Hall–Kier alpha value is -0.180. The zero-order valence-electron chi connectivity index (χ0n) is 10.2. The first-order valence-electron chi connectivity index (χ1n) is 5.72. The van der Waals surface area contributed by atoms with Gasteiger partial charge in [-0.25, -0.2) is 0 Å². The lowest BCUT2D eigenvalue weighted by Crippen LogP contribution is -2.07. The molecule has 0 N–H and O–H groups in total. The molecule has 0 aliphatic rings. The van der Waals surface area contributed by atoms with E-state index in [0.29, 0.717) is 24.2 Å². The summed E-state index contributed by atoms with van der Waals surface area (Å²) in [7, 11) is 0. The molecule has 0 saturated heterocycles. The molecule has 0 spiro atoms. The Morgan fingerprint density at radius 1 is 1.20 bits per heavy atom. The van der Waals surface area contributed by atoms with Gasteiger partial charge in [0.25, 0.3) is 0 Å². The lowest BCUT2D eigenvalue weighted by molar-refractivity contribution is -0.143. The third kappa shape index (κ3) is 11.7. The predicted octanol–water partition coefficient (Wildman–Crippen LogP) is 3.46. The average Bonchev–Trinajstić information content (AvgIpc) is 2.12. The van der Waals surface area contributed by atoms with Crippen molar-refractivity contribution < 1.29 is 9.53 Å². The normalized spacial score (nSPS) is 11.5. The Kier molecular flexibility index (Phi) is 7.93. The van der Waals surface area contributed by atoms with Gasteiger partial charge in [0.2, 0.25) is 0 Å². The van der Waals surface area contributed by atoms with Crippen molar-refractivity contribution in [3.8, 4) is 0 Å². The summed E-state index contributed by atoms with van der Waals surface area (Å²) >= 11 is 3.97. The van der Waals surface area contributed by atoms with Crippen molar-refractivity contribution in [2.24, 2.45) is 5.41 Å². The third-order valence-corrected chi connectivity index (χ3v) is 2.34. The first kappa shape index (κ1) is 14.8. The van der Waals surface area contributed by atoms with E-state index in [-0.39, 0.29) is 5.97 Å². The summed E-state index contributed by atoms with van der Waals surface area (Å²) in [5.74, 6) is 0.523. The maximum atomic E-state index is 11.1.